The summed E-state index contributed by atoms with van der Waals surface area (Å²) in [6.07, 6.45) is 12.1. The third-order valence-electron chi connectivity index (χ3n) is 5.25. The average Bonchev–Trinajstić information content (AvgIpc) is 3.29. The van der Waals surface area contributed by atoms with Crippen LogP contribution < -0.4 is 11.1 Å². The summed E-state index contributed by atoms with van der Waals surface area (Å²) in [7, 11) is 0. The smallest absolute Gasteiger partial charge is 0.126 e. The van der Waals surface area contributed by atoms with Gasteiger partial charge in [0.25, 0.3) is 0 Å². The third kappa shape index (κ3) is 5.57. The first-order valence-electron chi connectivity index (χ1n) is 9.73. The molecule has 0 heterocycles. The molecule has 2 rings (SSSR count). The largest absolute Gasteiger partial charge is 0.341 e. The molecule has 0 aromatic heterocycles. The van der Waals surface area contributed by atoms with Gasteiger partial charge in [-0.2, -0.15) is 0 Å². The van der Waals surface area contributed by atoms with Crippen LogP contribution in [0.25, 0.3) is 0 Å². The number of nitrogens with zero attached hydrogens (tertiary/aromatic N) is 1. The summed E-state index contributed by atoms with van der Waals surface area (Å²) in [6, 6.07) is 0. The lowest BCUT2D eigenvalue weighted by Gasteiger charge is -2.20. The van der Waals surface area contributed by atoms with Crippen LogP contribution in [0.1, 0.15) is 59.8 Å². The number of nitrogens with one attached hydrogen (secondary N) is 1. The fraction of sp³-hybridized carbons (Fsp3) is 0.522. The van der Waals surface area contributed by atoms with Crippen molar-refractivity contribution in [2.75, 3.05) is 6.54 Å². The van der Waals surface area contributed by atoms with Crippen LogP contribution in [0.15, 0.2) is 64.6 Å². The van der Waals surface area contributed by atoms with Crippen molar-refractivity contribution in [3.05, 3.63) is 59.6 Å². The molecule has 0 aromatic carbocycles. The second-order valence-corrected chi connectivity index (χ2v) is 8.15. The lowest BCUT2D eigenvalue weighted by molar-refractivity contribution is 0.475. The van der Waals surface area contributed by atoms with Gasteiger partial charge in [-0.15, -0.1) is 0 Å². The molecule has 0 radical (unpaired) electrons. The van der Waals surface area contributed by atoms with E-state index in [2.05, 4.69) is 44.5 Å². The Labute approximate surface area is 159 Å². The summed E-state index contributed by atoms with van der Waals surface area (Å²) in [6.45, 7) is 17.6. The van der Waals surface area contributed by atoms with Gasteiger partial charge in [0, 0.05) is 5.70 Å². The predicted octanol–water partition coefficient (Wildman–Crippen LogP) is 5.40. The van der Waals surface area contributed by atoms with Crippen molar-refractivity contribution in [2.24, 2.45) is 22.1 Å². The van der Waals surface area contributed by atoms with Gasteiger partial charge in [0.05, 0.1) is 5.71 Å². The topological polar surface area (TPSA) is 50.4 Å². The van der Waals surface area contributed by atoms with Crippen molar-refractivity contribution in [3.63, 3.8) is 0 Å². The molecule has 0 amide bonds. The third-order valence-corrected chi connectivity index (χ3v) is 5.25. The van der Waals surface area contributed by atoms with Gasteiger partial charge in [-0.1, -0.05) is 31.7 Å². The Morgan fingerprint density at radius 3 is 2.62 bits per heavy atom. The van der Waals surface area contributed by atoms with Gasteiger partial charge in [-0.25, -0.2) is 4.99 Å². The Kier molecular flexibility index (Phi) is 6.82. The Balaban J connectivity index is 2.15. The van der Waals surface area contributed by atoms with Gasteiger partial charge in [-0.3, -0.25) is 0 Å². The van der Waals surface area contributed by atoms with Gasteiger partial charge < -0.3 is 11.1 Å². The van der Waals surface area contributed by atoms with Crippen LogP contribution >= 0.6 is 0 Å². The van der Waals surface area contributed by atoms with E-state index in [0.717, 1.165) is 54.2 Å². The molecule has 3 nitrogen and oxygen atoms in total. The van der Waals surface area contributed by atoms with Crippen LogP contribution in [0.2, 0.25) is 0 Å². The highest BCUT2D eigenvalue weighted by Gasteiger charge is 2.42. The molecule has 3 N–H and O–H groups in total. The summed E-state index contributed by atoms with van der Waals surface area (Å²) in [4.78, 5) is 4.88. The zero-order chi connectivity index (χ0) is 19.3. The number of nitrogens with two attached hydrogens (primary N) is 1. The number of rotatable bonds is 9. The molecule has 2 aliphatic carbocycles. The van der Waals surface area contributed by atoms with E-state index >= 15 is 0 Å². The molecular weight excluding hydrogens is 318 g/mol. The lowest BCUT2D eigenvalue weighted by atomic mass is 9.90. The van der Waals surface area contributed by atoms with E-state index in [1.807, 2.05) is 19.9 Å². The summed E-state index contributed by atoms with van der Waals surface area (Å²) in [5.74, 6) is 1.39. The minimum Gasteiger partial charge on any atom is -0.341 e. The number of hydrogen-bond donors (Lipinski definition) is 2. The van der Waals surface area contributed by atoms with Crippen molar-refractivity contribution >= 4 is 5.71 Å². The molecule has 1 atom stereocenters. The van der Waals surface area contributed by atoms with Crippen LogP contribution in [0.3, 0.4) is 0 Å². The van der Waals surface area contributed by atoms with E-state index in [0.29, 0.717) is 11.3 Å². The Hall–Kier alpha value is -1.87. The minimum absolute atomic E-state index is 0.354. The van der Waals surface area contributed by atoms with Crippen molar-refractivity contribution in [1.82, 2.24) is 5.32 Å². The molecule has 26 heavy (non-hydrogen) atoms. The van der Waals surface area contributed by atoms with Crippen molar-refractivity contribution in [2.45, 2.75) is 59.8 Å². The molecule has 0 bridgehead atoms. The molecule has 1 unspecified atom stereocenters. The average molecular weight is 354 g/mol. The van der Waals surface area contributed by atoms with Crippen molar-refractivity contribution < 1.29 is 0 Å². The molecule has 0 spiro atoms. The summed E-state index contributed by atoms with van der Waals surface area (Å²) < 4.78 is 0. The monoisotopic (exact) mass is 353 g/mol. The molecule has 0 aromatic rings. The van der Waals surface area contributed by atoms with Gasteiger partial charge in [-0.05, 0) is 94.1 Å². The molecule has 1 saturated carbocycles. The minimum atomic E-state index is 0.354. The van der Waals surface area contributed by atoms with E-state index < -0.39 is 0 Å². The fourth-order valence-corrected chi connectivity index (χ4v) is 3.77. The van der Waals surface area contributed by atoms with Gasteiger partial charge >= 0.3 is 0 Å². The zero-order valence-corrected chi connectivity index (χ0v) is 17.0. The van der Waals surface area contributed by atoms with Gasteiger partial charge in [0.1, 0.15) is 5.82 Å². The van der Waals surface area contributed by atoms with Crippen LogP contribution in [0.4, 0.5) is 0 Å². The normalized spacial score (nSPS) is 22.4. The maximum Gasteiger partial charge on any atom is 0.126 e. The SMILES string of the molecule is C=C(C)C(=N/C(=C\C)NC1=CC(C)CC(C)=C1)C(=C)CC1(CCN)CC1. The molecule has 0 saturated heterocycles. The number of hydrogen-bond acceptors (Lipinski definition) is 3. The number of allylic oxidation sites excluding steroid dienone is 6. The van der Waals surface area contributed by atoms with E-state index in [1.54, 1.807) is 0 Å². The zero-order valence-electron chi connectivity index (χ0n) is 17.0. The second kappa shape index (κ2) is 8.68. The Morgan fingerprint density at radius 1 is 1.42 bits per heavy atom. The molecule has 1 fully saturated rings. The van der Waals surface area contributed by atoms with Crippen LogP contribution in [-0.4, -0.2) is 12.3 Å². The summed E-state index contributed by atoms with van der Waals surface area (Å²) in [5, 5.41) is 3.47. The quantitative estimate of drug-likeness (QED) is 0.545. The first-order chi connectivity index (χ1) is 12.3. The van der Waals surface area contributed by atoms with Crippen molar-refractivity contribution in [3.8, 4) is 0 Å². The summed E-state index contributed by atoms with van der Waals surface area (Å²) >= 11 is 0. The molecule has 142 valence electrons. The number of aliphatic imine (C=N–C) groups is 1. The van der Waals surface area contributed by atoms with Crippen LogP contribution in [0, 0.1) is 11.3 Å². The van der Waals surface area contributed by atoms with Gasteiger partial charge in [0.15, 0.2) is 0 Å². The maximum absolute atomic E-state index is 5.79. The second-order valence-electron chi connectivity index (χ2n) is 8.15. The van der Waals surface area contributed by atoms with Crippen LogP contribution in [0.5, 0.6) is 0 Å². The highest BCUT2D eigenvalue weighted by atomic mass is 15.0. The molecule has 0 aliphatic heterocycles. The van der Waals surface area contributed by atoms with Crippen LogP contribution in [-0.2, 0) is 0 Å². The van der Waals surface area contributed by atoms with Crippen molar-refractivity contribution in [1.29, 1.82) is 0 Å². The standard InChI is InChI=1S/C23H35N3/c1-7-21(25-20-13-17(4)12-18(5)14-20)26-22(16(2)3)19(6)15-23(8-9-23)10-11-24/h7,13-14,17,25H,2,6,8-12,15,24H2,1,3-5H3/b21-7-,26-22?. The van der Waals surface area contributed by atoms with E-state index in [9.17, 15) is 0 Å². The van der Waals surface area contributed by atoms with E-state index in [1.165, 1.54) is 18.4 Å². The van der Waals surface area contributed by atoms with E-state index in [4.69, 9.17) is 10.7 Å². The Bertz CT molecular complexity index is 684. The molecule has 2 aliphatic rings. The fourth-order valence-electron chi connectivity index (χ4n) is 3.77. The first-order valence-corrected chi connectivity index (χ1v) is 9.73. The van der Waals surface area contributed by atoms with E-state index in [-0.39, 0.29) is 0 Å². The summed E-state index contributed by atoms with van der Waals surface area (Å²) in [5.41, 5.74) is 11.6. The Morgan fingerprint density at radius 2 is 2.12 bits per heavy atom. The predicted molar refractivity (Wildman–Crippen MR) is 114 cm³/mol. The molecule has 3 heteroatoms. The highest BCUT2D eigenvalue weighted by Crippen LogP contribution is 2.53. The first kappa shape index (κ1) is 20.4. The van der Waals surface area contributed by atoms with Gasteiger partial charge in [0.2, 0.25) is 0 Å². The lowest BCUT2D eigenvalue weighted by Crippen LogP contribution is -2.17. The molecular formula is C23H35N3. The highest BCUT2D eigenvalue weighted by molar-refractivity contribution is 6.11. The maximum atomic E-state index is 5.79.